The van der Waals surface area contributed by atoms with Gasteiger partial charge in [0.05, 0.1) is 5.39 Å². The summed E-state index contributed by atoms with van der Waals surface area (Å²) in [6.45, 7) is 0.0682. The quantitative estimate of drug-likeness (QED) is 0.747. The van der Waals surface area contributed by atoms with Gasteiger partial charge in [-0.3, -0.25) is 0 Å². The van der Waals surface area contributed by atoms with Crippen LogP contribution in [0.4, 0.5) is 0 Å². The molecule has 0 saturated heterocycles. The largest absolute Gasteiger partial charge is 0.438 e. The molecule has 6 heteroatoms. The summed E-state index contributed by atoms with van der Waals surface area (Å²) in [6.07, 6.45) is 0.530. The fraction of sp³-hybridized carbons (Fsp3) is 0.143. The van der Waals surface area contributed by atoms with Crippen LogP contribution in [0.2, 0.25) is 5.28 Å². The van der Waals surface area contributed by atoms with Crippen LogP contribution in [0.3, 0.4) is 0 Å². The van der Waals surface area contributed by atoms with Crippen LogP contribution in [-0.2, 0) is 6.42 Å². The maximum Gasteiger partial charge on any atom is 0.232 e. The van der Waals surface area contributed by atoms with Crippen molar-refractivity contribution in [2.24, 2.45) is 0 Å². The first kappa shape index (κ1) is 13.3. The molecule has 4 nitrogen and oxygen atoms in total. The maximum atomic E-state index is 9.09. The lowest BCUT2D eigenvalue weighted by Crippen LogP contribution is -1.97. The summed E-state index contributed by atoms with van der Waals surface area (Å²) in [5, 5.41) is 12.0. The summed E-state index contributed by atoms with van der Waals surface area (Å²) >= 11 is 7.40. The molecule has 0 aliphatic heterocycles. The van der Waals surface area contributed by atoms with Crippen LogP contribution in [0, 0.1) is 0 Å². The van der Waals surface area contributed by atoms with Gasteiger partial charge in [0.25, 0.3) is 0 Å². The van der Waals surface area contributed by atoms with E-state index in [0.29, 0.717) is 18.1 Å². The van der Waals surface area contributed by atoms with Crippen LogP contribution < -0.4 is 4.74 Å². The predicted molar refractivity (Wildman–Crippen MR) is 79.7 cm³/mol. The number of nitrogens with zero attached hydrogens (tertiary/aromatic N) is 2. The molecule has 0 amide bonds. The molecular formula is C14H11ClN2O2S. The number of halogens is 1. The van der Waals surface area contributed by atoms with Gasteiger partial charge in [0, 0.05) is 6.61 Å². The molecule has 0 bridgehead atoms. The second-order valence-electron chi connectivity index (χ2n) is 4.12. The highest BCUT2D eigenvalue weighted by Crippen LogP contribution is 2.32. The minimum absolute atomic E-state index is 0.0682. The summed E-state index contributed by atoms with van der Waals surface area (Å²) in [5.74, 6) is 1.11. The van der Waals surface area contributed by atoms with Crippen LogP contribution in [0.1, 0.15) is 5.56 Å². The molecule has 0 aliphatic rings. The van der Waals surface area contributed by atoms with Gasteiger partial charge in [-0.2, -0.15) is 4.98 Å². The van der Waals surface area contributed by atoms with Gasteiger partial charge in [-0.1, -0.05) is 18.2 Å². The zero-order chi connectivity index (χ0) is 13.9. The zero-order valence-corrected chi connectivity index (χ0v) is 12.0. The van der Waals surface area contributed by atoms with Gasteiger partial charge >= 0.3 is 0 Å². The molecule has 0 fully saturated rings. The Labute approximate surface area is 124 Å². The van der Waals surface area contributed by atoms with E-state index >= 15 is 0 Å². The van der Waals surface area contributed by atoms with Gasteiger partial charge in [0.2, 0.25) is 11.2 Å². The zero-order valence-electron chi connectivity index (χ0n) is 10.4. The molecule has 0 aliphatic carbocycles. The molecule has 0 radical (unpaired) electrons. The van der Waals surface area contributed by atoms with E-state index in [9.17, 15) is 0 Å². The van der Waals surface area contributed by atoms with Gasteiger partial charge in [-0.05, 0) is 41.1 Å². The monoisotopic (exact) mass is 306 g/mol. The highest BCUT2D eigenvalue weighted by molar-refractivity contribution is 7.16. The molecule has 0 unspecified atom stereocenters. The van der Waals surface area contributed by atoms with Crippen molar-refractivity contribution in [3.05, 3.63) is 46.6 Å². The second kappa shape index (κ2) is 5.75. The van der Waals surface area contributed by atoms with Crippen molar-refractivity contribution in [2.45, 2.75) is 6.42 Å². The molecule has 102 valence electrons. The van der Waals surface area contributed by atoms with E-state index < -0.39 is 0 Å². The topological polar surface area (TPSA) is 55.2 Å². The van der Waals surface area contributed by atoms with Crippen molar-refractivity contribution in [1.82, 2.24) is 9.97 Å². The molecule has 1 aromatic carbocycles. The van der Waals surface area contributed by atoms with Crippen LogP contribution in [0.15, 0.2) is 35.7 Å². The molecule has 0 spiro atoms. The standard InChI is InChI=1S/C14H11ClN2O2S/c15-14-16-12(10-6-8-20-13(10)17-14)19-11-4-2-1-3-9(11)5-7-18/h1-4,6,8,18H,5,7H2. The number of benzene rings is 1. The normalized spacial score (nSPS) is 10.9. The number of hydrogen-bond donors (Lipinski definition) is 1. The Bertz CT molecular complexity index is 745. The summed E-state index contributed by atoms with van der Waals surface area (Å²) in [5.41, 5.74) is 0.924. The number of rotatable bonds is 4. The predicted octanol–water partition coefficient (Wildman–Crippen LogP) is 3.67. The van der Waals surface area contributed by atoms with E-state index in [-0.39, 0.29) is 11.9 Å². The lowest BCUT2D eigenvalue weighted by molar-refractivity contribution is 0.297. The number of para-hydroxylation sites is 1. The fourth-order valence-electron chi connectivity index (χ4n) is 1.92. The van der Waals surface area contributed by atoms with E-state index in [1.165, 1.54) is 11.3 Å². The van der Waals surface area contributed by atoms with Crippen LogP contribution in [-0.4, -0.2) is 21.7 Å². The number of aliphatic hydroxyl groups is 1. The first-order chi connectivity index (χ1) is 9.78. The average Bonchev–Trinajstić information content (AvgIpc) is 2.89. The fourth-order valence-corrected chi connectivity index (χ4v) is 2.88. The number of aliphatic hydroxyl groups excluding tert-OH is 1. The SMILES string of the molecule is OCCc1ccccc1Oc1nc(Cl)nc2sccc12. The smallest absolute Gasteiger partial charge is 0.232 e. The van der Waals surface area contributed by atoms with Gasteiger partial charge < -0.3 is 9.84 Å². The summed E-state index contributed by atoms with van der Waals surface area (Å²) in [7, 11) is 0. The molecule has 3 rings (SSSR count). The Morgan fingerprint density at radius 1 is 1.20 bits per heavy atom. The Morgan fingerprint density at radius 3 is 2.90 bits per heavy atom. The minimum atomic E-state index is 0.0682. The van der Waals surface area contributed by atoms with Crippen molar-refractivity contribution < 1.29 is 9.84 Å². The number of aromatic nitrogens is 2. The molecule has 2 aromatic heterocycles. The van der Waals surface area contributed by atoms with Crippen LogP contribution >= 0.6 is 22.9 Å². The van der Waals surface area contributed by atoms with E-state index in [1.54, 1.807) is 0 Å². The highest BCUT2D eigenvalue weighted by atomic mass is 35.5. The third kappa shape index (κ3) is 2.60. The average molecular weight is 307 g/mol. The third-order valence-electron chi connectivity index (χ3n) is 2.82. The molecular weight excluding hydrogens is 296 g/mol. The minimum Gasteiger partial charge on any atom is -0.438 e. The maximum absolute atomic E-state index is 9.09. The summed E-state index contributed by atoms with van der Waals surface area (Å²) in [6, 6.07) is 9.45. The van der Waals surface area contributed by atoms with Crippen molar-refractivity contribution >= 4 is 33.2 Å². The molecule has 0 saturated carbocycles. The van der Waals surface area contributed by atoms with Crippen molar-refractivity contribution in [3.8, 4) is 11.6 Å². The Kier molecular flexibility index (Phi) is 3.82. The van der Waals surface area contributed by atoms with Gasteiger partial charge in [0.15, 0.2) is 0 Å². The number of fused-ring (bicyclic) bond motifs is 1. The van der Waals surface area contributed by atoms with Crippen molar-refractivity contribution in [3.63, 3.8) is 0 Å². The number of ether oxygens (including phenoxy) is 1. The third-order valence-corrected chi connectivity index (χ3v) is 3.80. The van der Waals surface area contributed by atoms with Crippen LogP contribution in [0.25, 0.3) is 10.2 Å². The van der Waals surface area contributed by atoms with Crippen molar-refractivity contribution in [2.75, 3.05) is 6.61 Å². The first-order valence-electron chi connectivity index (χ1n) is 6.05. The van der Waals surface area contributed by atoms with E-state index in [0.717, 1.165) is 15.8 Å². The first-order valence-corrected chi connectivity index (χ1v) is 7.31. The Balaban J connectivity index is 2.03. The number of thiophene rings is 1. The molecule has 20 heavy (non-hydrogen) atoms. The summed E-state index contributed by atoms with van der Waals surface area (Å²) < 4.78 is 5.87. The molecule has 2 heterocycles. The van der Waals surface area contributed by atoms with E-state index in [1.807, 2.05) is 35.7 Å². The van der Waals surface area contributed by atoms with E-state index in [4.69, 9.17) is 21.4 Å². The van der Waals surface area contributed by atoms with Crippen molar-refractivity contribution in [1.29, 1.82) is 0 Å². The molecule has 0 atom stereocenters. The lowest BCUT2D eigenvalue weighted by Gasteiger charge is -2.10. The Hall–Kier alpha value is -1.69. The summed E-state index contributed by atoms with van der Waals surface area (Å²) in [4.78, 5) is 9.09. The highest BCUT2D eigenvalue weighted by Gasteiger charge is 2.11. The van der Waals surface area contributed by atoms with Crippen LogP contribution in [0.5, 0.6) is 11.6 Å². The van der Waals surface area contributed by atoms with Gasteiger partial charge in [-0.15, -0.1) is 11.3 Å². The molecule has 1 N–H and O–H groups in total. The molecule has 3 aromatic rings. The lowest BCUT2D eigenvalue weighted by atomic mass is 10.1. The number of hydrogen-bond acceptors (Lipinski definition) is 5. The van der Waals surface area contributed by atoms with Gasteiger partial charge in [-0.25, -0.2) is 4.98 Å². The second-order valence-corrected chi connectivity index (χ2v) is 5.35. The van der Waals surface area contributed by atoms with Gasteiger partial charge in [0.1, 0.15) is 10.6 Å². The Morgan fingerprint density at radius 2 is 2.05 bits per heavy atom. The van der Waals surface area contributed by atoms with E-state index in [2.05, 4.69) is 9.97 Å².